The third-order valence-corrected chi connectivity index (χ3v) is 4.42. The number of amides is 2. The third-order valence-electron chi connectivity index (χ3n) is 4.42. The van der Waals surface area contributed by atoms with Crippen LogP contribution in [0.1, 0.15) is 29.3 Å². The first-order chi connectivity index (χ1) is 15.3. The van der Waals surface area contributed by atoms with Crippen LogP contribution < -0.4 is 21.7 Å². The summed E-state index contributed by atoms with van der Waals surface area (Å²) in [6, 6.07) is 12.9. The maximum atomic E-state index is 12.3. The first-order valence-corrected chi connectivity index (χ1v) is 9.97. The summed E-state index contributed by atoms with van der Waals surface area (Å²) in [6.07, 6.45) is -0.171. The van der Waals surface area contributed by atoms with Gasteiger partial charge in [-0.1, -0.05) is 17.7 Å². The molecule has 0 bridgehead atoms. The van der Waals surface area contributed by atoms with Gasteiger partial charge in [0.2, 0.25) is 17.8 Å². The van der Waals surface area contributed by atoms with Gasteiger partial charge >= 0.3 is 5.97 Å². The number of nitrogens with zero attached hydrogens (tertiary/aromatic N) is 2. The number of aliphatic imine (C=N–C) groups is 2. The minimum Gasteiger partial charge on any atom is -0.462 e. The molecule has 0 radical (unpaired) electrons. The average molecular weight is 436 g/mol. The SMILES string of the molecule is CCOC(=O)c1ccc(NC(=O)CC2N=C(/N=C(\N)Nc3ccc(C)cc3)NC2=O)cc1. The fraction of sp³-hybridized carbons (Fsp3) is 0.227. The molecule has 1 aliphatic heterocycles. The number of carbonyl (C=O) groups excluding carboxylic acids is 3. The van der Waals surface area contributed by atoms with Gasteiger partial charge in [0.15, 0.2) is 0 Å². The Morgan fingerprint density at radius 2 is 1.72 bits per heavy atom. The largest absolute Gasteiger partial charge is 0.462 e. The Bertz CT molecular complexity index is 1060. The fourth-order valence-electron chi connectivity index (χ4n) is 2.85. The molecule has 10 nitrogen and oxygen atoms in total. The maximum absolute atomic E-state index is 12.3. The third kappa shape index (κ3) is 6.14. The Kier molecular flexibility index (Phi) is 7.17. The molecule has 1 atom stereocenters. The molecule has 32 heavy (non-hydrogen) atoms. The van der Waals surface area contributed by atoms with Crippen molar-refractivity contribution in [1.82, 2.24) is 5.32 Å². The number of anilines is 2. The van der Waals surface area contributed by atoms with E-state index in [1.54, 1.807) is 31.2 Å². The van der Waals surface area contributed by atoms with E-state index in [9.17, 15) is 14.4 Å². The van der Waals surface area contributed by atoms with E-state index in [1.807, 2.05) is 31.2 Å². The van der Waals surface area contributed by atoms with Gasteiger partial charge in [-0.15, -0.1) is 0 Å². The van der Waals surface area contributed by atoms with Crippen LogP contribution in [0.15, 0.2) is 58.5 Å². The number of ether oxygens (including phenoxy) is 1. The molecule has 166 valence electrons. The van der Waals surface area contributed by atoms with Crippen molar-refractivity contribution in [3.63, 3.8) is 0 Å². The Morgan fingerprint density at radius 3 is 2.38 bits per heavy atom. The van der Waals surface area contributed by atoms with Gasteiger partial charge in [0.25, 0.3) is 5.91 Å². The van der Waals surface area contributed by atoms with Gasteiger partial charge in [0.05, 0.1) is 18.6 Å². The molecule has 0 saturated carbocycles. The molecule has 1 unspecified atom stereocenters. The van der Waals surface area contributed by atoms with E-state index in [0.717, 1.165) is 11.3 Å². The number of nitrogens with one attached hydrogen (secondary N) is 3. The molecule has 0 aromatic heterocycles. The molecule has 1 heterocycles. The van der Waals surface area contributed by atoms with Crippen molar-refractivity contribution in [1.29, 1.82) is 0 Å². The van der Waals surface area contributed by atoms with Crippen LogP contribution in [-0.4, -0.2) is 42.4 Å². The highest BCUT2D eigenvalue weighted by molar-refractivity contribution is 6.11. The first kappa shape index (κ1) is 22.5. The smallest absolute Gasteiger partial charge is 0.338 e. The van der Waals surface area contributed by atoms with E-state index in [1.165, 1.54) is 0 Å². The Hall–Kier alpha value is -4.21. The first-order valence-electron chi connectivity index (χ1n) is 9.97. The molecule has 2 amide bonds. The Morgan fingerprint density at radius 1 is 1.09 bits per heavy atom. The molecular formula is C22H24N6O4. The monoisotopic (exact) mass is 436 g/mol. The number of carbonyl (C=O) groups is 3. The lowest BCUT2D eigenvalue weighted by Gasteiger charge is -2.08. The van der Waals surface area contributed by atoms with Crippen molar-refractivity contribution in [3.05, 3.63) is 59.7 Å². The number of hydrogen-bond donors (Lipinski definition) is 4. The summed E-state index contributed by atoms with van der Waals surface area (Å²) in [5, 5.41) is 8.07. The number of guanidine groups is 2. The number of aryl methyl sites for hydroxylation is 1. The van der Waals surface area contributed by atoms with E-state index < -0.39 is 23.8 Å². The van der Waals surface area contributed by atoms with Crippen LogP contribution in [0.2, 0.25) is 0 Å². The quantitative estimate of drug-likeness (QED) is 0.308. The van der Waals surface area contributed by atoms with Gasteiger partial charge in [-0.3, -0.25) is 14.9 Å². The Labute approximate surface area is 185 Å². The van der Waals surface area contributed by atoms with Crippen LogP contribution in [0.3, 0.4) is 0 Å². The summed E-state index contributed by atoms with van der Waals surface area (Å²) in [5.41, 5.74) is 8.57. The van der Waals surface area contributed by atoms with Crippen LogP contribution in [0.25, 0.3) is 0 Å². The zero-order chi connectivity index (χ0) is 23.1. The second kappa shape index (κ2) is 10.2. The molecule has 2 aromatic carbocycles. The lowest BCUT2D eigenvalue weighted by molar-refractivity contribution is -0.123. The summed E-state index contributed by atoms with van der Waals surface area (Å²) >= 11 is 0. The molecule has 5 N–H and O–H groups in total. The molecule has 0 fully saturated rings. The van der Waals surface area contributed by atoms with Crippen LogP contribution in [0.4, 0.5) is 11.4 Å². The maximum Gasteiger partial charge on any atom is 0.338 e. The summed E-state index contributed by atoms with van der Waals surface area (Å²) in [4.78, 5) is 44.3. The van der Waals surface area contributed by atoms with E-state index in [-0.39, 0.29) is 24.9 Å². The molecule has 0 saturated heterocycles. The fourth-order valence-corrected chi connectivity index (χ4v) is 2.85. The van der Waals surface area contributed by atoms with Crippen LogP contribution in [0, 0.1) is 6.92 Å². The van der Waals surface area contributed by atoms with Gasteiger partial charge in [0, 0.05) is 11.4 Å². The number of nitrogens with two attached hydrogens (primary N) is 1. The van der Waals surface area contributed by atoms with Gasteiger partial charge in [-0.05, 0) is 50.2 Å². The summed E-state index contributed by atoms with van der Waals surface area (Å²) < 4.78 is 4.92. The van der Waals surface area contributed by atoms with Crippen LogP contribution in [-0.2, 0) is 14.3 Å². The van der Waals surface area contributed by atoms with Crippen molar-refractivity contribution in [2.45, 2.75) is 26.3 Å². The number of esters is 1. The van der Waals surface area contributed by atoms with Gasteiger partial charge in [0.1, 0.15) is 6.04 Å². The molecule has 3 rings (SSSR count). The van der Waals surface area contributed by atoms with Crippen molar-refractivity contribution >= 4 is 41.1 Å². The lowest BCUT2D eigenvalue weighted by atomic mass is 10.2. The summed E-state index contributed by atoms with van der Waals surface area (Å²) in [5.74, 6) is -1.21. The predicted molar refractivity (Wildman–Crippen MR) is 121 cm³/mol. The van der Waals surface area contributed by atoms with Gasteiger partial charge < -0.3 is 21.1 Å². The van der Waals surface area contributed by atoms with Crippen molar-refractivity contribution in [2.75, 3.05) is 17.2 Å². The summed E-state index contributed by atoms with van der Waals surface area (Å²) in [7, 11) is 0. The molecule has 0 aliphatic carbocycles. The number of rotatable bonds is 6. The lowest BCUT2D eigenvalue weighted by Crippen LogP contribution is -2.32. The topological polar surface area (TPSA) is 147 Å². The number of benzene rings is 2. The molecule has 2 aromatic rings. The van der Waals surface area contributed by atoms with Crippen molar-refractivity contribution in [2.24, 2.45) is 15.7 Å². The van der Waals surface area contributed by atoms with Crippen molar-refractivity contribution in [3.8, 4) is 0 Å². The van der Waals surface area contributed by atoms with E-state index >= 15 is 0 Å². The second-order valence-electron chi connectivity index (χ2n) is 7.00. The normalized spacial score (nSPS) is 15.6. The highest BCUT2D eigenvalue weighted by atomic mass is 16.5. The minimum atomic E-state index is -0.917. The van der Waals surface area contributed by atoms with Crippen LogP contribution in [0.5, 0.6) is 0 Å². The van der Waals surface area contributed by atoms with E-state index in [2.05, 4.69) is 25.9 Å². The van der Waals surface area contributed by atoms with E-state index in [4.69, 9.17) is 10.5 Å². The zero-order valence-corrected chi connectivity index (χ0v) is 17.7. The minimum absolute atomic E-state index is 0.0312. The molecule has 1 aliphatic rings. The standard InChI is InChI=1S/C22H24N6O4/c1-3-32-20(31)14-6-10-15(11-7-14)24-18(29)12-17-19(30)27-22(26-17)28-21(23)25-16-8-4-13(2)5-9-16/h4-11,17H,3,12H2,1-2H3,(H,24,29)(H4,23,25,26,27,28,30). The molecule has 0 spiro atoms. The average Bonchev–Trinajstić information content (AvgIpc) is 3.08. The highest BCUT2D eigenvalue weighted by Gasteiger charge is 2.28. The van der Waals surface area contributed by atoms with Gasteiger partial charge in [-0.2, -0.15) is 4.99 Å². The predicted octanol–water partition coefficient (Wildman–Crippen LogP) is 1.78. The highest BCUT2D eigenvalue weighted by Crippen LogP contribution is 2.13. The van der Waals surface area contributed by atoms with Crippen LogP contribution >= 0.6 is 0 Å². The second-order valence-corrected chi connectivity index (χ2v) is 7.00. The Balaban J connectivity index is 1.56. The molecular weight excluding hydrogens is 412 g/mol. The number of hydrogen-bond acceptors (Lipinski definition) is 6. The zero-order valence-electron chi connectivity index (χ0n) is 17.7. The van der Waals surface area contributed by atoms with Gasteiger partial charge in [-0.25, -0.2) is 9.79 Å². The summed E-state index contributed by atoms with van der Waals surface area (Å²) in [6.45, 7) is 3.97. The molecule has 10 heteroatoms. The van der Waals surface area contributed by atoms with E-state index in [0.29, 0.717) is 11.3 Å². The van der Waals surface area contributed by atoms with Crippen molar-refractivity contribution < 1.29 is 19.1 Å².